The highest BCUT2D eigenvalue weighted by atomic mass is 19.3. The Kier molecular flexibility index (Phi) is 4.28. The number of H-pyrrole nitrogens is 1. The van der Waals surface area contributed by atoms with Gasteiger partial charge in [-0.15, -0.1) is 0 Å². The molecule has 0 radical (unpaired) electrons. The van der Waals surface area contributed by atoms with Crippen molar-refractivity contribution >= 4 is 23.1 Å². The number of aromatic amines is 1. The van der Waals surface area contributed by atoms with Gasteiger partial charge in [-0.3, -0.25) is 9.78 Å². The summed E-state index contributed by atoms with van der Waals surface area (Å²) in [4.78, 5) is 22.6. The van der Waals surface area contributed by atoms with E-state index in [4.69, 9.17) is 0 Å². The Balaban J connectivity index is 1.88. The third-order valence-electron chi connectivity index (χ3n) is 3.13. The molecule has 0 amide bonds. The summed E-state index contributed by atoms with van der Waals surface area (Å²) in [6.07, 6.45) is 5.89. The number of nitrogens with zero attached hydrogens (tertiary/aromatic N) is 2. The van der Waals surface area contributed by atoms with Crippen LogP contribution in [0.25, 0.3) is 23.1 Å². The van der Waals surface area contributed by atoms with Gasteiger partial charge in [0.15, 0.2) is 11.6 Å². The Hall–Kier alpha value is -3.16. The lowest BCUT2D eigenvalue weighted by molar-refractivity contribution is -0.0521. The number of nitrogens with one attached hydrogen (secondary N) is 1. The summed E-state index contributed by atoms with van der Waals surface area (Å²) in [5.74, 6) is -1.19. The third kappa shape index (κ3) is 3.43. The Morgan fingerprint density at radius 3 is 2.79 bits per heavy atom. The molecule has 0 unspecified atom stereocenters. The minimum atomic E-state index is -3.10. The Morgan fingerprint density at radius 1 is 1.21 bits per heavy atom. The van der Waals surface area contributed by atoms with E-state index in [1.54, 1.807) is 6.07 Å². The molecule has 0 aliphatic rings. The summed E-state index contributed by atoms with van der Waals surface area (Å²) < 4.78 is 41.8. The average Bonchev–Trinajstić information content (AvgIpc) is 2.55. The van der Waals surface area contributed by atoms with Crippen molar-refractivity contribution in [3.8, 4) is 5.75 Å². The summed E-state index contributed by atoms with van der Waals surface area (Å²) in [6.45, 7) is -3.10. The molecule has 0 saturated heterocycles. The number of rotatable bonds is 4. The van der Waals surface area contributed by atoms with Gasteiger partial charge in [-0.2, -0.15) is 8.78 Å². The molecule has 1 aromatic carbocycles. The lowest BCUT2D eigenvalue weighted by Crippen LogP contribution is -2.09. The van der Waals surface area contributed by atoms with E-state index in [0.717, 1.165) is 12.1 Å². The van der Waals surface area contributed by atoms with E-state index in [1.165, 1.54) is 30.6 Å². The molecule has 2 aromatic heterocycles. The van der Waals surface area contributed by atoms with Crippen LogP contribution >= 0.6 is 0 Å². The molecule has 5 nitrogen and oxygen atoms in total. The quantitative estimate of drug-likeness (QED) is 0.796. The van der Waals surface area contributed by atoms with Crippen molar-refractivity contribution in [3.63, 3.8) is 0 Å². The first-order valence-corrected chi connectivity index (χ1v) is 6.79. The van der Waals surface area contributed by atoms with Gasteiger partial charge >= 0.3 is 6.61 Å². The monoisotopic (exact) mass is 333 g/mol. The van der Waals surface area contributed by atoms with Gasteiger partial charge in [-0.1, -0.05) is 12.1 Å². The predicted molar refractivity (Wildman–Crippen MR) is 82.1 cm³/mol. The van der Waals surface area contributed by atoms with E-state index in [-0.39, 0.29) is 11.4 Å². The van der Waals surface area contributed by atoms with Crippen LogP contribution in [0.1, 0.15) is 11.4 Å². The van der Waals surface area contributed by atoms with Crippen LogP contribution in [0.5, 0.6) is 5.75 Å². The molecule has 0 bridgehead atoms. The molecule has 0 saturated carbocycles. The molecule has 122 valence electrons. The molecule has 0 spiro atoms. The zero-order valence-corrected chi connectivity index (χ0v) is 12.0. The smallest absolute Gasteiger partial charge is 0.387 e. The number of aromatic nitrogens is 3. The maximum absolute atomic E-state index is 13.6. The Bertz CT molecular complexity index is 970. The fraction of sp³-hybridized carbons (Fsp3) is 0.0625. The number of hydrogen-bond donors (Lipinski definition) is 1. The van der Waals surface area contributed by atoms with Crippen molar-refractivity contribution in [3.05, 3.63) is 64.2 Å². The van der Waals surface area contributed by atoms with Crippen LogP contribution in [-0.2, 0) is 0 Å². The number of halogens is 3. The van der Waals surface area contributed by atoms with E-state index in [2.05, 4.69) is 19.7 Å². The van der Waals surface area contributed by atoms with E-state index in [9.17, 15) is 18.0 Å². The lowest BCUT2D eigenvalue weighted by Gasteiger charge is -2.05. The van der Waals surface area contributed by atoms with Crippen LogP contribution in [0.3, 0.4) is 0 Å². The largest absolute Gasteiger partial charge is 0.432 e. The number of pyridine rings is 1. The summed E-state index contributed by atoms with van der Waals surface area (Å²) in [7, 11) is 0. The molecular formula is C16H10F3N3O2. The van der Waals surface area contributed by atoms with Crippen molar-refractivity contribution in [2.24, 2.45) is 0 Å². The van der Waals surface area contributed by atoms with Crippen molar-refractivity contribution in [2.75, 3.05) is 0 Å². The zero-order valence-electron chi connectivity index (χ0n) is 12.0. The first-order valence-electron chi connectivity index (χ1n) is 6.79. The molecule has 0 aliphatic heterocycles. The van der Waals surface area contributed by atoms with Crippen molar-refractivity contribution in [2.45, 2.75) is 6.61 Å². The fourth-order valence-electron chi connectivity index (χ4n) is 2.08. The lowest BCUT2D eigenvalue weighted by atomic mass is 10.2. The highest BCUT2D eigenvalue weighted by molar-refractivity contribution is 5.78. The second kappa shape index (κ2) is 6.53. The highest BCUT2D eigenvalue weighted by Crippen LogP contribution is 2.21. The van der Waals surface area contributed by atoms with E-state index >= 15 is 0 Å². The molecule has 3 rings (SSSR count). The second-order valence-corrected chi connectivity index (χ2v) is 4.75. The maximum atomic E-state index is 13.6. The molecule has 1 N–H and O–H groups in total. The van der Waals surface area contributed by atoms with E-state index in [0.29, 0.717) is 16.5 Å². The molecule has 0 atom stereocenters. The average molecular weight is 333 g/mol. The normalized spacial score (nSPS) is 11.5. The molecular weight excluding hydrogens is 323 g/mol. The molecule has 8 heteroatoms. The zero-order chi connectivity index (χ0) is 17.1. The van der Waals surface area contributed by atoms with Gasteiger partial charge in [0, 0.05) is 6.20 Å². The van der Waals surface area contributed by atoms with Crippen LogP contribution in [0.4, 0.5) is 13.2 Å². The minimum Gasteiger partial charge on any atom is -0.432 e. The maximum Gasteiger partial charge on any atom is 0.387 e. The molecule has 0 fully saturated rings. The van der Waals surface area contributed by atoms with Gasteiger partial charge in [-0.25, -0.2) is 9.37 Å². The summed E-state index contributed by atoms with van der Waals surface area (Å²) >= 11 is 0. The number of ether oxygens (including phenoxy) is 1. The summed E-state index contributed by atoms with van der Waals surface area (Å²) in [6, 6.07) is 5.08. The van der Waals surface area contributed by atoms with Gasteiger partial charge in [-0.05, 0) is 29.8 Å². The predicted octanol–water partition coefficient (Wildman–Crippen LogP) is 3.23. The number of hydrogen-bond acceptors (Lipinski definition) is 4. The van der Waals surface area contributed by atoms with Gasteiger partial charge in [0.2, 0.25) is 0 Å². The Morgan fingerprint density at radius 2 is 2.04 bits per heavy atom. The van der Waals surface area contributed by atoms with Gasteiger partial charge in [0.1, 0.15) is 5.82 Å². The standard InChI is InChI=1S/C16H10F3N3O2/c17-11-7-9(1-3-13(11)24-16(18)19)2-4-14-21-12-8-20-6-5-10(12)15(23)22-14/h1-8,16H,(H,21,22,23). The second-order valence-electron chi connectivity index (χ2n) is 4.75. The first-order chi connectivity index (χ1) is 11.5. The van der Waals surface area contributed by atoms with Gasteiger partial charge in [0.25, 0.3) is 5.56 Å². The van der Waals surface area contributed by atoms with E-state index in [1.807, 2.05) is 0 Å². The number of fused-ring (bicyclic) bond motifs is 1. The third-order valence-corrected chi connectivity index (χ3v) is 3.13. The molecule has 3 aromatic rings. The van der Waals surface area contributed by atoms with Crippen molar-refractivity contribution in [1.29, 1.82) is 0 Å². The van der Waals surface area contributed by atoms with Gasteiger partial charge in [0.05, 0.1) is 17.1 Å². The minimum absolute atomic E-state index is 0.258. The molecule has 2 heterocycles. The van der Waals surface area contributed by atoms with Crippen LogP contribution in [-0.4, -0.2) is 21.6 Å². The van der Waals surface area contributed by atoms with Gasteiger partial charge < -0.3 is 9.72 Å². The first kappa shape index (κ1) is 15.7. The fourth-order valence-corrected chi connectivity index (χ4v) is 2.08. The van der Waals surface area contributed by atoms with Crippen LogP contribution in [0.15, 0.2) is 41.5 Å². The Labute approximate surface area is 133 Å². The number of benzene rings is 1. The van der Waals surface area contributed by atoms with Crippen LogP contribution < -0.4 is 10.3 Å². The number of alkyl halides is 2. The molecule has 24 heavy (non-hydrogen) atoms. The van der Waals surface area contributed by atoms with Crippen molar-refractivity contribution in [1.82, 2.24) is 15.0 Å². The summed E-state index contributed by atoms with van der Waals surface area (Å²) in [5, 5.41) is 0.404. The van der Waals surface area contributed by atoms with Crippen LogP contribution in [0, 0.1) is 5.82 Å². The SMILES string of the molecule is O=c1[nH]c(C=Cc2ccc(OC(F)F)c(F)c2)nc2cnccc12. The topological polar surface area (TPSA) is 67.9 Å². The molecule has 0 aliphatic carbocycles. The van der Waals surface area contributed by atoms with E-state index < -0.39 is 18.2 Å². The highest BCUT2D eigenvalue weighted by Gasteiger charge is 2.09. The van der Waals surface area contributed by atoms with Crippen molar-refractivity contribution < 1.29 is 17.9 Å². The summed E-state index contributed by atoms with van der Waals surface area (Å²) in [5.41, 5.74) is 0.490. The van der Waals surface area contributed by atoms with Crippen LogP contribution in [0.2, 0.25) is 0 Å².